The number of thioether (sulfide) groups is 1. The highest BCUT2D eigenvalue weighted by Crippen LogP contribution is 2.30. The summed E-state index contributed by atoms with van der Waals surface area (Å²) in [6.45, 7) is 1.19. The van der Waals surface area contributed by atoms with Gasteiger partial charge >= 0.3 is 0 Å². The van der Waals surface area contributed by atoms with Gasteiger partial charge in [0.2, 0.25) is 0 Å². The molecule has 0 aliphatic carbocycles. The summed E-state index contributed by atoms with van der Waals surface area (Å²) in [6, 6.07) is 1.24. The number of aromatic nitrogens is 1. The molecule has 0 unspecified atom stereocenters. The van der Waals surface area contributed by atoms with Crippen molar-refractivity contribution < 1.29 is 14.9 Å². The molecule has 0 amide bonds. The lowest BCUT2D eigenvalue weighted by atomic mass is 10.2. The first-order valence-electron chi connectivity index (χ1n) is 4.98. The second-order valence-corrected chi connectivity index (χ2v) is 4.85. The van der Waals surface area contributed by atoms with Crippen LogP contribution in [0.1, 0.15) is 5.56 Å². The first-order chi connectivity index (χ1) is 8.61. The number of ether oxygens (including phenoxy) is 1. The minimum atomic E-state index is -0.581. The van der Waals surface area contributed by atoms with Crippen LogP contribution in [0, 0.1) is 10.1 Å². The standard InChI is InChI=1S/C9H10N4O4S/c10-8(12-14)7-1-5(13(15)16)2-11-9(7)18-6-3-17-4-6/h1-2,6,14H,3-4H2,(H2,10,12). The Morgan fingerprint density at radius 2 is 2.44 bits per heavy atom. The summed E-state index contributed by atoms with van der Waals surface area (Å²) in [4.78, 5) is 14.1. The Bertz CT molecular complexity index is 503. The number of pyridine rings is 1. The van der Waals surface area contributed by atoms with Crippen molar-refractivity contribution in [2.24, 2.45) is 10.9 Å². The highest BCUT2D eigenvalue weighted by atomic mass is 32.2. The van der Waals surface area contributed by atoms with E-state index < -0.39 is 4.92 Å². The molecule has 0 spiro atoms. The van der Waals surface area contributed by atoms with Crippen molar-refractivity contribution in [2.45, 2.75) is 10.3 Å². The molecule has 2 rings (SSSR count). The van der Waals surface area contributed by atoms with Crippen LogP contribution >= 0.6 is 11.8 Å². The molecule has 1 aromatic heterocycles. The van der Waals surface area contributed by atoms with Crippen LogP contribution < -0.4 is 5.73 Å². The van der Waals surface area contributed by atoms with E-state index in [1.54, 1.807) is 0 Å². The molecule has 1 saturated heterocycles. The summed E-state index contributed by atoms with van der Waals surface area (Å²) in [6.07, 6.45) is 1.15. The summed E-state index contributed by atoms with van der Waals surface area (Å²) >= 11 is 1.39. The third-order valence-electron chi connectivity index (χ3n) is 2.32. The molecule has 1 aromatic rings. The number of nitrogens with zero attached hydrogens (tertiary/aromatic N) is 3. The zero-order chi connectivity index (χ0) is 13.1. The maximum absolute atomic E-state index is 10.7. The number of hydrogen-bond acceptors (Lipinski definition) is 7. The van der Waals surface area contributed by atoms with E-state index >= 15 is 0 Å². The van der Waals surface area contributed by atoms with Crippen LogP contribution in [0.25, 0.3) is 0 Å². The number of oxime groups is 1. The minimum absolute atomic E-state index is 0.200. The molecule has 1 fully saturated rings. The van der Waals surface area contributed by atoms with Gasteiger partial charge in [-0.15, -0.1) is 0 Å². The number of nitrogens with two attached hydrogens (primary N) is 1. The fourth-order valence-corrected chi connectivity index (χ4v) is 2.36. The van der Waals surface area contributed by atoms with Gasteiger partial charge < -0.3 is 15.7 Å². The van der Waals surface area contributed by atoms with Crippen molar-refractivity contribution in [1.82, 2.24) is 4.98 Å². The minimum Gasteiger partial charge on any atom is -0.409 e. The molecule has 18 heavy (non-hydrogen) atoms. The molecular weight excluding hydrogens is 260 g/mol. The van der Waals surface area contributed by atoms with E-state index in [1.165, 1.54) is 17.8 Å². The number of hydrogen-bond donors (Lipinski definition) is 2. The molecule has 3 N–H and O–H groups in total. The van der Waals surface area contributed by atoms with Crippen LogP contribution in [0.4, 0.5) is 5.69 Å². The van der Waals surface area contributed by atoms with E-state index in [0.717, 1.165) is 6.20 Å². The van der Waals surface area contributed by atoms with Crippen molar-refractivity contribution in [3.63, 3.8) is 0 Å². The van der Waals surface area contributed by atoms with Crippen LogP contribution in [0.3, 0.4) is 0 Å². The highest BCUT2D eigenvalue weighted by Gasteiger charge is 2.24. The Balaban J connectivity index is 2.34. The molecule has 0 aromatic carbocycles. The van der Waals surface area contributed by atoms with Crippen molar-refractivity contribution in [3.05, 3.63) is 27.9 Å². The SMILES string of the molecule is NC(=NO)c1cc([N+](=O)[O-])cnc1SC1COC1. The third-order valence-corrected chi connectivity index (χ3v) is 3.47. The number of amidine groups is 1. The lowest BCUT2D eigenvalue weighted by molar-refractivity contribution is -0.385. The van der Waals surface area contributed by atoms with Crippen LogP contribution in [0.15, 0.2) is 22.4 Å². The molecular formula is C9H10N4O4S. The molecule has 0 bridgehead atoms. The highest BCUT2D eigenvalue weighted by molar-refractivity contribution is 8.00. The second kappa shape index (κ2) is 5.19. The fraction of sp³-hybridized carbons (Fsp3) is 0.333. The van der Waals surface area contributed by atoms with E-state index in [9.17, 15) is 10.1 Å². The lowest BCUT2D eigenvalue weighted by Gasteiger charge is -2.25. The van der Waals surface area contributed by atoms with Gasteiger partial charge in [0.15, 0.2) is 5.84 Å². The summed E-state index contributed by atoms with van der Waals surface area (Å²) in [7, 11) is 0. The van der Waals surface area contributed by atoms with E-state index in [2.05, 4.69) is 10.1 Å². The van der Waals surface area contributed by atoms with Gasteiger partial charge in [0.1, 0.15) is 11.2 Å². The summed E-state index contributed by atoms with van der Waals surface area (Å²) < 4.78 is 5.03. The molecule has 0 atom stereocenters. The topological polar surface area (TPSA) is 124 Å². The van der Waals surface area contributed by atoms with Crippen LogP contribution in [0.5, 0.6) is 0 Å². The lowest BCUT2D eigenvalue weighted by Crippen LogP contribution is -2.30. The van der Waals surface area contributed by atoms with Crippen molar-refractivity contribution in [1.29, 1.82) is 0 Å². The van der Waals surface area contributed by atoms with Gasteiger partial charge in [0, 0.05) is 6.07 Å². The van der Waals surface area contributed by atoms with Gasteiger partial charge in [0.25, 0.3) is 5.69 Å². The van der Waals surface area contributed by atoms with Gasteiger partial charge in [-0.1, -0.05) is 16.9 Å². The fourth-order valence-electron chi connectivity index (χ4n) is 1.31. The summed E-state index contributed by atoms with van der Waals surface area (Å²) in [5.41, 5.74) is 5.54. The number of rotatable bonds is 4. The van der Waals surface area contributed by atoms with Gasteiger partial charge in [-0.3, -0.25) is 10.1 Å². The maximum Gasteiger partial charge on any atom is 0.288 e. The molecule has 1 aliphatic heterocycles. The van der Waals surface area contributed by atoms with Gasteiger partial charge in [0.05, 0.1) is 29.0 Å². The average molecular weight is 270 g/mol. The molecule has 0 saturated carbocycles. The summed E-state index contributed by atoms with van der Waals surface area (Å²) in [5.74, 6) is -0.200. The predicted molar refractivity (Wildman–Crippen MR) is 63.9 cm³/mol. The average Bonchev–Trinajstić information content (AvgIpc) is 2.32. The van der Waals surface area contributed by atoms with Gasteiger partial charge in [-0.25, -0.2) is 4.98 Å². The zero-order valence-electron chi connectivity index (χ0n) is 9.15. The zero-order valence-corrected chi connectivity index (χ0v) is 9.96. The van der Waals surface area contributed by atoms with E-state index in [1.807, 2.05) is 0 Å². The molecule has 2 heterocycles. The van der Waals surface area contributed by atoms with Crippen LogP contribution in [-0.2, 0) is 4.74 Å². The monoisotopic (exact) mass is 270 g/mol. The summed E-state index contributed by atoms with van der Waals surface area (Å²) in [5, 5.41) is 22.9. The van der Waals surface area contributed by atoms with E-state index in [-0.39, 0.29) is 22.3 Å². The Morgan fingerprint density at radius 3 is 2.94 bits per heavy atom. The third kappa shape index (κ3) is 2.51. The van der Waals surface area contributed by atoms with Gasteiger partial charge in [-0.2, -0.15) is 0 Å². The predicted octanol–water partition coefficient (Wildman–Crippen LogP) is 0.575. The Kier molecular flexibility index (Phi) is 3.63. The normalized spacial score (nSPS) is 16.3. The van der Waals surface area contributed by atoms with Crippen molar-refractivity contribution in [2.75, 3.05) is 13.2 Å². The number of nitro groups is 1. The quantitative estimate of drug-likeness (QED) is 0.269. The Labute approximate surface area is 106 Å². The first kappa shape index (κ1) is 12.6. The molecule has 9 heteroatoms. The maximum atomic E-state index is 10.7. The van der Waals surface area contributed by atoms with Crippen molar-refractivity contribution >= 4 is 23.3 Å². The van der Waals surface area contributed by atoms with Crippen molar-refractivity contribution in [3.8, 4) is 0 Å². The molecule has 0 radical (unpaired) electrons. The Hall–Kier alpha value is -1.87. The largest absolute Gasteiger partial charge is 0.409 e. The van der Waals surface area contributed by atoms with Crippen LogP contribution in [0.2, 0.25) is 0 Å². The second-order valence-electron chi connectivity index (χ2n) is 3.57. The van der Waals surface area contributed by atoms with E-state index in [4.69, 9.17) is 15.7 Å². The van der Waals surface area contributed by atoms with E-state index in [0.29, 0.717) is 18.2 Å². The molecule has 8 nitrogen and oxygen atoms in total. The smallest absolute Gasteiger partial charge is 0.288 e. The Morgan fingerprint density at radius 1 is 1.72 bits per heavy atom. The molecule has 96 valence electrons. The van der Waals surface area contributed by atoms with Gasteiger partial charge in [-0.05, 0) is 0 Å². The van der Waals surface area contributed by atoms with Crippen LogP contribution in [-0.4, -0.2) is 39.4 Å². The molecule has 1 aliphatic rings. The first-order valence-corrected chi connectivity index (χ1v) is 5.86.